The largest absolute Gasteiger partial charge is 0.237 e. The number of allylic oxidation sites excluding steroid dienone is 2. The fourth-order valence-electron chi connectivity index (χ4n) is 5.86. The van der Waals surface area contributed by atoms with Gasteiger partial charge in [-0.3, -0.25) is 0 Å². The molecule has 0 radical (unpaired) electrons. The number of aromatic nitrogens is 4. The lowest BCUT2D eigenvalue weighted by Crippen LogP contribution is -2.15. The highest BCUT2D eigenvalue weighted by Crippen LogP contribution is 2.41. The summed E-state index contributed by atoms with van der Waals surface area (Å²) in [6.45, 7) is 6.14. The smallest absolute Gasteiger partial charge is 0.140 e. The van der Waals surface area contributed by atoms with Gasteiger partial charge in [0, 0.05) is 23.1 Å². The van der Waals surface area contributed by atoms with Crippen LogP contribution in [0.15, 0.2) is 97.2 Å². The van der Waals surface area contributed by atoms with Crippen LogP contribution in [-0.4, -0.2) is 20.2 Å². The summed E-state index contributed by atoms with van der Waals surface area (Å²) < 4.78 is 0. The molecule has 2 aliphatic carbocycles. The topological polar surface area (TPSA) is 51.6 Å². The van der Waals surface area contributed by atoms with Crippen LogP contribution in [0.25, 0.3) is 22.4 Å². The number of rotatable bonds is 2. The Morgan fingerprint density at radius 1 is 0.718 bits per heavy atom. The van der Waals surface area contributed by atoms with Crippen molar-refractivity contribution in [3.8, 4) is 22.4 Å². The van der Waals surface area contributed by atoms with Crippen molar-refractivity contribution in [2.24, 2.45) is 0 Å². The van der Waals surface area contributed by atoms with Gasteiger partial charge < -0.3 is 0 Å². The average Bonchev–Trinajstić information content (AvgIpc) is 2.97. The number of benzene rings is 3. The van der Waals surface area contributed by atoms with Gasteiger partial charge in [-0.25, -0.2) is 9.97 Å². The average molecular weight is 509 g/mol. The molecule has 5 aromatic rings. The fraction of sp³-hybridized carbons (Fsp3) is 0.200. The zero-order valence-electron chi connectivity index (χ0n) is 22.7. The third-order valence-corrected chi connectivity index (χ3v) is 7.65. The first kappa shape index (κ1) is 24.9. The molecule has 4 heteroatoms. The predicted molar refractivity (Wildman–Crippen MR) is 158 cm³/mol. The highest BCUT2D eigenvalue weighted by Gasteiger charge is 2.26. The van der Waals surface area contributed by atoms with E-state index in [1.807, 2.05) is 49.4 Å². The van der Waals surface area contributed by atoms with Gasteiger partial charge in [-0.05, 0) is 91.1 Å². The van der Waals surface area contributed by atoms with Crippen molar-refractivity contribution in [2.75, 3.05) is 0 Å². The number of hydrogen-bond acceptors (Lipinski definition) is 4. The van der Waals surface area contributed by atoms with Crippen LogP contribution >= 0.6 is 0 Å². The zero-order valence-corrected chi connectivity index (χ0v) is 22.7. The van der Waals surface area contributed by atoms with Gasteiger partial charge in [0.1, 0.15) is 5.82 Å². The summed E-state index contributed by atoms with van der Waals surface area (Å²) in [4.78, 5) is 9.48. The summed E-state index contributed by atoms with van der Waals surface area (Å²) in [7, 11) is 0. The van der Waals surface area contributed by atoms with E-state index in [4.69, 9.17) is 9.97 Å². The van der Waals surface area contributed by atoms with Crippen LogP contribution in [0.1, 0.15) is 50.9 Å². The first-order valence-electron chi connectivity index (χ1n) is 13.6. The van der Waals surface area contributed by atoms with E-state index >= 15 is 0 Å². The summed E-state index contributed by atoms with van der Waals surface area (Å²) in [5.41, 5.74) is 14.0. The SMILES string of the molecule is Cc1cc(C)nc(C2C=CCc3c2ccc2c3CCc3ccccc3-2)n1.Cc1ccnnc1-c1ccccc1. The Labute approximate surface area is 230 Å². The molecule has 4 nitrogen and oxygen atoms in total. The monoisotopic (exact) mass is 508 g/mol. The quantitative estimate of drug-likeness (QED) is 0.231. The van der Waals surface area contributed by atoms with Gasteiger partial charge in [0.15, 0.2) is 0 Å². The Kier molecular flexibility index (Phi) is 6.85. The molecule has 2 aliphatic rings. The van der Waals surface area contributed by atoms with Gasteiger partial charge in [0.2, 0.25) is 0 Å². The molecule has 0 amide bonds. The van der Waals surface area contributed by atoms with Crippen molar-refractivity contribution in [1.82, 2.24) is 20.2 Å². The van der Waals surface area contributed by atoms with Crippen molar-refractivity contribution < 1.29 is 0 Å². The molecule has 39 heavy (non-hydrogen) atoms. The van der Waals surface area contributed by atoms with Crippen LogP contribution in [0, 0.1) is 20.8 Å². The van der Waals surface area contributed by atoms with Crippen molar-refractivity contribution in [2.45, 2.75) is 46.0 Å². The standard InChI is InChI=1S/C24H22N2.C11H10N2/c1-15-14-16(2)26-24(25-15)23-9-5-8-19-21-11-10-17-6-3-4-7-18(17)20(21)12-13-22(19)23;1-9-7-8-12-13-11(9)10-5-3-2-4-6-10/h3-7,9,12-14,23H,8,10-11H2,1-2H3;2-8H,1H3. The maximum Gasteiger partial charge on any atom is 0.140 e. The van der Waals surface area contributed by atoms with Crippen molar-refractivity contribution in [3.05, 3.63) is 142 Å². The van der Waals surface area contributed by atoms with Gasteiger partial charge in [0.25, 0.3) is 0 Å². The van der Waals surface area contributed by atoms with Crippen LogP contribution < -0.4 is 0 Å². The maximum atomic E-state index is 4.74. The molecule has 0 saturated heterocycles. The van der Waals surface area contributed by atoms with Crippen LogP contribution in [0.2, 0.25) is 0 Å². The Hall–Kier alpha value is -4.44. The third kappa shape index (κ3) is 5.03. The molecule has 192 valence electrons. The Morgan fingerprint density at radius 3 is 2.28 bits per heavy atom. The van der Waals surface area contributed by atoms with E-state index < -0.39 is 0 Å². The van der Waals surface area contributed by atoms with Crippen molar-refractivity contribution in [3.63, 3.8) is 0 Å². The van der Waals surface area contributed by atoms with E-state index in [0.29, 0.717) is 0 Å². The number of nitrogens with zero attached hydrogens (tertiary/aromatic N) is 4. The lowest BCUT2D eigenvalue weighted by molar-refractivity contribution is 0.815. The van der Waals surface area contributed by atoms with Crippen molar-refractivity contribution in [1.29, 1.82) is 0 Å². The van der Waals surface area contributed by atoms with Gasteiger partial charge in [-0.1, -0.05) is 78.9 Å². The minimum atomic E-state index is 0.167. The van der Waals surface area contributed by atoms with E-state index in [-0.39, 0.29) is 5.92 Å². The summed E-state index contributed by atoms with van der Waals surface area (Å²) >= 11 is 0. The molecule has 0 N–H and O–H groups in total. The second-order valence-corrected chi connectivity index (χ2v) is 10.4. The van der Waals surface area contributed by atoms with Crippen LogP contribution in [-0.2, 0) is 19.3 Å². The van der Waals surface area contributed by atoms with Gasteiger partial charge in [-0.15, -0.1) is 0 Å². The molecule has 2 heterocycles. The summed E-state index contributed by atoms with van der Waals surface area (Å²) in [6.07, 6.45) is 9.57. The lowest BCUT2D eigenvalue weighted by atomic mass is 9.77. The van der Waals surface area contributed by atoms with Gasteiger partial charge in [0.05, 0.1) is 11.6 Å². The first-order valence-corrected chi connectivity index (χ1v) is 13.6. The minimum absolute atomic E-state index is 0.167. The van der Waals surface area contributed by atoms with E-state index in [2.05, 4.69) is 72.6 Å². The maximum absolute atomic E-state index is 4.74. The molecular weight excluding hydrogens is 476 g/mol. The molecule has 2 aromatic heterocycles. The highest BCUT2D eigenvalue weighted by atomic mass is 15.1. The van der Waals surface area contributed by atoms with Gasteiger partial charge in [-0.2, -0.15) is 10.2 Å². The van der Waals surface area contributed by atoms with Crippen LogP contribution in [0.3, 0.4) is 0 Å². The molecule has 0 saturated carbocycles. The second kappa shape index (κ2) is 10.7. The van der Waals surface area contributed by atoms with Crippen LogP contribution in [0.5, 0.6) is 0 Å². The van der Waals surface area contributed by atoms with Crippen molar-refractivity contribution >= 4 is 0 Å². The molecule has 7 rings (SSSR count). The molecule has 3 aromatic carbocycles. The van der Waals surface area contributed by atoms with Crippen LogP contribution in [0.4, 0.5) is 0 Å². The number of hydrogen-bond donors (Lipinski definition) is 0. The molecule has 0 bridgehead atoms. The second-order valence-electron chi connectivity index (χ2n) is 10.4. The third-order valence-electron chi connectivity index (χ3n) is 7.65. The van der Waals surface area contributed by atoms with E-state index in [9.17, 15) is 0 Å². The van der Waals surface area contributed by atoms with E-state index in [0.717, 1.165) is 53.3 Å². The molecule has 0 fully saturated rings. The molecule has 0 aliphatic heterocycles. The summed E-state index contributed by atoms with van der Waals surface area (Å²) in [5.74, 6) is 1.09. The van der Waals surface area contributed by atoms with E-state index in [1.165, 1.54) is 33.4 Å². The Balaban J connectivity index is 0.000000179. The molecular formula is C35H32N4. The Bertz CT molecular complexity index is 1650. The minimum Gasteiger partial charge on any atom is -0.237 e. The summed E-state index contributed by atoms with van der Waals surface area (Å²) in [6, 6.07) is 27.6. The summed E-state index contributed by atoms with van der Waals surface area (Å²) in [5, 5.41) is 7.97. The number of aryl methyl sites for hydroxylation is 4. The number of fused-ring (bicyclic) bond motifs is 5. The highest BCUT2D eigenvalue weighted by molar-refractivity contribution is 5.75. The lowest BCUT2D eigenvalue weighted by Gasteiger charge is -2.28. The van der Waals surface area contributed by atoms with Gasteiger partial charge >= 0.3 is 0 Å². The molecule has 1 unspecified atom stereocenters. The predicted octanol–water partition coefficient (Wildman–Crippen LogP) is 7.56. The van der Waals surface area contributed by atoms with E-state index in [1.54, 1.807) is 6.20 Å². The molecule has 0 spiro atoms. The molecule has 1 atom stereocenters. The first-order chi connectivity index (χ1) is 19.1. The zero-order chi connectivity index (χ0) is 26.8. The fourth-order valence-corrected chi connectivity index (χ4v) is 5.86. The Morgan fingerprint density at radius 2 is 1.49 bits per heavy atom. The normalized spacial score (nSPS) is 14.9.